The molecule has 5 rings (SSSR count). The number of aromatic carboxylic acids is 1. The fourth-order valence-corrected chi connectivity index (χ4v) is 4.65. The molecule has 0 radical (unpaired) electrons. The SMILES string of the molecule is CC(Nc1nc(C(=O)O)nc2nc(COCc3ccccc3)n(Cc3ccc(C(F)(F)F)cc3)c12)C1CCC1. The number of carboxylic acids is 1. The number of hydrogen-bond donors (Lipinski definition) is 2. The number of imidazole rings is 1. The number of anilines is 1. The Morgan fingerprint density at radius 2 is 1.77 bits per heavy atom. The maximum absolute atomic E-state index is 13.1. The minimum atomic E-state index is -4.44. The Bertz CT molecular complexity index is 1450. The van der Waals surface area contributed by atoms with Crippen LogP contribution in [0.15, 0.2) is 54.6 Å². The second-order valence-corrected chi connectivity index (χ2v) is 9.78. The van der Waals surface area contributed by atoms with E-state index in [9.17, 15) is 23.1 Å². The maximum Gasteiger partial charge on any atom is 0.416 e. The summed E-state index contributed by atoms with van der Waals surface area (Å²) in [5.41, 5.74) is 1.49. The number of ether oxygens (including phenoxy) is 1. The van der Waals surface area contributed by atoms with E-state index in [4.69, 9.17) is 4.74 Å². The lowest BCUT2D eigenvalue weighted by Gasteiger charge is -2.32. The van der Waals surface area contributed by atoms with Crippen LogP contribution in [-0.2, 0) is 30.7 Å². The van der Waals surface area contributed by atoms with Crippen LogP contribution in [-0.4, -0.2) is 36.6 Å². The quantitative estimate of drug-likeness (QED) is 0.258. The van der Waals surface area contributed by atoms with Gasteiger partial charge in [-0.05, 0) is 48.9 Å². The fraction of sp³-hybridized carbons (Fsp3) is 0.357. The first-order valence-corrected chi connectivity index (χ1v) is 12.7. The van der Waals surface area contributed by atoms with E-state index in [1.807, 2.05) is 37.3 Å². The highest BCUT2D eigenvalue weighted by atomic mass is 19.4. The first-order chi connectivity index (χ1) is 18.7. The Kier molecular flexibility index (Phi) is 7.51. The molecule has 0 spiro atoms. The summed E-state index contributed by atoms with van der Waals surface area (Å²) < 4.78 is 47.1. The number of rotatable bonds is 10. The first kappa shape index (κ1) is 26.6. The summed E-state index contributed by atoms with van der Waals surface area (Å²) in [5.74, 6) is -0.456. The molecule has 2 N–H and O–H groups in total. The zero-order valence-corrected chi connectivity index (χ0v) is 21.3. The lowest BCUT2D eigenvalue weighted by atomic mass is 9.80. The maximum atomic E-state index is 13.1. The van der Waals surface area contributed by atoms with Crippen LogP contribution in [0.5, 0.6) is 0 Å². The fourth-order valence-electron chi connectivity index (χ4n) is 4.65. The summed E-state index contributed by atoms with van der Waals surface area (Å²) in [4.78, 5) is 24.9. The van der Waals surface area contributed by atoms with Crippen LogP contribution in [0.3, 0.4) is 0 Å². The van der Waals surface area contributed by atoms with E-state index in [1.165, 1.54) is 12.1 Å². The molecule has 2 aromatic heterocycles. The molecule has 1 aliphatic rings. The standard InChI is InChI=1S/C28H28F3N5O3/c1-17(20-8-5-9-20)32-24-23-25(35-26(34-24)27(37)38)33-22(16-39-15-19-6-3-2-4-7-19)36(23)14-18-10-12-21(13-11-18)28(29,30)31/h2-4,6-7,10-13,17,20H,5,8-9,14-16H2,1H3,(H,37,38)(H,32,34,35). The van der Waals surface area contributed by atoms with E-state index in [0.29, 0.717) is 35.2 Å². The Morgan fingerprint density at radius 3 is 2.38 bits per heavy atom. The molecule has 1 saturated carbocycles. The third kappa shape index (κ3) is 6.03. The van der Waals surface area contributed by atoms with Crippen molar-refractivity contribution in [3.8, 4) is 0 Å². The average Bonchev–Trinajstić information content (AvgIpc) is 3.20. The number of alkyl halides is 3. The van der Waals surface area contributed by atoms with Crippen molar-refractivity contribution in [1.82, 2.24) is 19.5 Å². The van der Waals surface area contributed by atoms with Crippen molar-refractivity contribution < 1.29 is 27.8 Å². The van der Waals surface area contributed by atoms with Crippen LogP contribution in [0.25, 0.3) is 11.2 Å². The summed E-state index contributed by atoms with van der Waals surface area (Å²) in [5, 5.41) is 13.0. The van der Waals surface area contributed by atoms with Crippen LogP contribution in [0.1, 0.15) is 59.3 Å². The Hall–Kier alpha value is -3.99. The molecule has 0 aliphatic heterocycles. The smallest absolute Gasteiger partial charge is 0.416 e. The summed E-state index contributed by atoms with van der Waals surface area (Å²) in [6.45, 7) is 2.59. The Labute approximate surface area is 222 Å². The third-order valence-electron chi connectivity index (χ3n) is 7.06. The zero-order valence-electron chi connectivity index (χ0n) is 21.3. The Morgan fingerprint density at radius 1 is 1.05 bits per heavy atom. The number of carboxylic acid groups (broad SMARTS) is 1. The van der Waals surface area contributed by atoms with Crippen LogP contribution < -0.4 is 5.32 Å². The number of benzene rings is 2. The van der Waals surface area contributed by atoms with E-state index < -0.39 is 17.7 Å². The predicted molar refractivity (Wildman–Crippen MR) is 138 cm³/mol. The van der Waals surface area contributed by atoms with E-state index in [1.54, 1.807) is 4.57 Å². The molecule has 1 atom stereocenters. The second-order valence-electron chi connectivity index (χ2n) is 9.78. The molecule has 1 aliphatic carbocycles. The molecule has 8 nitrogen and oxygen atoms in total. The highest BCUT2D eigenvalue weighted by Gasteiger charge is 2.30. The van der Waals surface area contributed by atoms with Gasteiger partial charge in [0.1, 0.15) is 17.9 Å². The van der Waals surface area contributed by atoms with Gasteiger partial charge in [-0.2, -0.15) is 13.2 Å². The van der Waals surface area contributed by atoms with Crippen molar-refractivity contribution >= 4 is 23.0 Å². The first-order valence-electron chi connectivity index (χ1n) is 12.7. The molecular formula is C28H28F3N5O3. The van der Waals surface area contributed by atoms with Gasteiger partial charge < -0.3 is 19.7 Å². The lowest BCUT2D eigenvalue weighted by Crippen LogP contribution is -2.31. The molecular weight excluding hydrogens is 511 g/mol. The highest BCUT2D eigenvalue weighted by molar-refractivity contribution is 5.90. The number of halogens is 3. The van der Waals surface area contributed by atoms with Crippen LogP contribution >= 0.6 is 0 Å². The van der Waals surface area contributed by atoms with Gasteiger partial charge in [0.05, 0.1) is 12.2 Å². The van der Waals surface area contributed by atoms with Gasteiger partial charge >= 0.3 is 12.1 Å². The third-order valence-corrected chi connectivity index (χ3v) is 7.06. The molecule has 0 saturated heterocycles. The van der Waals surface area contributed by atoms with Crippen molar-refractivity contribution in [1.29, 1.82) is 0 Å². The monoisotopic (exact) mass is 539 g/mol. The zero-order chi connectivity index (χ0) is 27.6. The molecule has 2 heterocycles. The van der Waals surface area contributed by atoms with Gasteiger partial charge in [0.15, 0.2) is 11.5 Å². The average molecular weight is 540 g/mol. The number of hydrogen-bond acceptors (Lipinski definition) is 6. The van der Waals surface area contributed by atoms with Crippen molar-refractivity contribution in [2.24, 2.45) is 5.92 Å². The molecule has 1 unspecified atom stereocenters. The van der Waals surface area contributed by atoms with Crippen LogP contribution in [0, 0.1) is 5.92 Å². The molecule has 1 fully saturated rings. The molecule has 2 aromatic carbocycles. The topological polar surface area (TPSA) is 102 Å². The van der Waals surface area contributed by atoms with Crippen LogP contribution in [0.4, 0.5) is 19.0 Å². The van der Waals surface area contributed by atoms with Gasteiger partial charge in [0.2, 0.25) is 5.82 Å². The minimum absolute atomic E-state index is 0.0331. The van der Waals surface area contributed by atoms with Gasteiger partial charge in [-0.15, -0.1) is 0 Å². The van der Waals surface area contributed by atoms with Gasteiger partial charge in [0.25, 0.3) is 0 Å². The minimum Gasteiger partial charge on any atom is -0.475 e. The normalized spacial score (nSPS) is 14.8. The number of nitrogens with one attached hydrogen (secondary N) is 1. The number of carbonyl (C=O) groups is 1. The molecule has 0 amide bonds. The van der Waals surface area contributed by atoms with Crippen molar-refractivity contribution in [2.75, 3.05) is 5.32 Å². The highest BCUT2D eigenvalue weighted by Crippen LogP contribution is 2.33. The van der Waals surface area contributed by atoms with Crippen molar-refractivity contribution in [3.05, 3.63) is 82.9 Å². The summed E-state index contributed by atoms with van der Waals surface area (Å²) in [6.07, 6.45) is -1.16. The summed E-state index contributed by atoms with van der Waals surface area (Å²) in [7, 11) is 0. The number of aromatic nitrogens is 4. The largest absolute Gasteiger partial charge is 0.475 e. The predicted octanol–water partition coefficient (Wildman–Crippen LogP) is 5.91. The molecule has 11 heteroatoms. The molecule has 0 bridgehead atoms. The van der Waals surface area contributed by atoms with Crippen molar-refractivity contribution in [2.45, 2.75) is 58.2 Å². The van der Waals surface area contributed by atoms with Gasteiger partial charge in [-0.3, -0.25) is 0 Å². The van der Waals surface area contributed by atoms with Crippen LogP contribution in [0.2, 0.25) is 0 Å². The second kappa shape index (κ2) is 11.0. The summed E-state index contributed by atoms with van der Waals surface area (Å²) in [6, 6.07) is 14.5. The van der Waals surface area contributed by atoms with E-state index >= 15 is 0 Å². The van der Waals surface area contributed by atoms with E-state index in [2.05, 4.69) is 20.3 Å². The number of nitrogens with zero attached hydrogens (tertiary/aromatic N) is 4. The van der Waals surface area contributed by atoms with Gasteiger partial charge in [-0.1, -0.05) is 48.9 Å². The Balaban J connectivity index is 1.54. The molecule has 204 valence electrons. The summed E-state index contributed by atoms with van der Waals surface area (Å²) >= 11 is 0. The molecule has 39 heavy (non-hydrogen) atoms. The van der Waals surface area contributed by atoms with E-state index in [-0.39, 0.29) is 30.7 Å². The van der Waals surface area contributed by atoms with Gasteiger partial charge in [-0.25, -0.2) is 19.7 Å². The molecule has 4 aromatic rings. The lowest BCUT2D eigenvalue weighted by molar-refractivity contribution is -0.137. The van der Waals surface area contributed by atoms with Gasteiger partial charge in [0, 0.05) is 12.6 Å². The van der Waals surface area contributed by atoms with Crippen molar-refractivity contribution in [3.63, 3.8) is 0 Å². The van der Waals surface area contributed by atoms with E-state index in [0.717, 1.165) is 37.0 Å². The number of fused-ring (bicyclic) bond motifs is 1.